The number of nitrogens with one attached hydrogen (secondary N) is 2. The van der Waals surface area contributed by atoms with Crippen molar-refractivity contribution in [3.8, 4) is 11.3 Å². The first-order chi connectivity index (χ1) is 11.7. The Hall–Kier alpha value is -3.41. The first-order valence-corrected chi connectivity index (χ1v) is 7.38. The fraction of sp³-hybridized carbons (Fsp3) is 0.0556. The molecule has 0 saturated heterocycles. The highest BCUT2D eigenvalue weighted by Crippen LogP contribution is 2.18. The molecule has 3 rings (SSSR count). The predicted molar refractivity (Wildman–Crippen MR) is 92.5 cm³/mol. The van der Waals surface area contributed by atoms with Crippen LogP contribution in [0, 0.1) is 6.92 Å². The van der Waals surface area contributed by atoms with Gasteiger partial charge in [0.25, 0.3) is 5.91 Å². The van der Waals surface area contributed by atoms with E-state index in [1.807, 2.05) is 37.3 Å². The van der Waals surface area contributed by atoms with Crippen molar-refractivity contribution in [2.24, 2.45) is 5.10 Å². The van der Waals surface area contributed by atoms with Crippen molar-refractivity contribution in [3.05, 3.63) is 71.8 Å². The molecule has 2 heterocycles. The Morgan fingerprint density at radius 3 is 2.88 bits per heavy atom. The maximum Gasteiger partial charge on any atom is 0.289 e. The zero-order valence-electron chi connectivity index (χ0n) is 13.1. The summed E-state index contributed by atoms with van der Waals surface area (Å²) in [7, 11) is 0. The molecule has 6 heteroatoms. The average molecular weight is 320 g/mol. The number of furan rings is 1. The minimum atomic E-state index is -0.358. The first-order valence-electron chi connectivity index (χ1n) is 7.38. The molecule has 0 aliphatic heterocycles. The average Bonchev–Trinajstić information content (AvgIpc) is 3.27. The van der Waals surface area contributed by atoms with Crippen LogP contribution < -0.4 is 5.43 Å². The van der Waals surface area contributed by atoms with Gasteiger partial charge in [0, 0.05) is 11.8 Å². The van der Waals surface area contributed by atoms with E-state index in [1.165, 1.54) is 11.8 Å². The lowest BCUT2D eigenvalue weighted by molar-refractivity contribution is 0.0950. The highest BCUT2D eigenvalue weighted by molar-refractivity contribution is 5.93. The number of hydrazone groups is 1. The molecule has 0 unspecified atom stereocenters. The second-order valence-electron chi connectivity index (χ2n) is 5.13. The van der Waals surface area contributed by atoms with Gasteiger partial charge in [-0.2, -0.15) is 10.2 Å². The van der Waals surface area contributed by atoms with Crippen LogP contribution in [-0.2, 0) is 0 Å². The molecule has 0 bridgehead atoms. The van der Waals surface area contributed by atoms with Gasteiger partial charge in [-0.05, 0) is 37.3 Å². The van der Waals surface area contributed by atoms with Gasteiger partial charge in [0.2, 0.25) is 0 Å². The Kier molecular flexibility index (Phi) is 4.67. The van der Waals surface area contributed by atoms with Gasteiger partial charge in [0.15, 0.2) is 0 Å². The van der Waals surface area contributed by atoms with Crippen molar-refractivity contribution in [1.29, 1.82) is 0 Å². The standard InChI is InChI=1S/C18H16N4O2/c1-13-6-8-14(9-7-13)16-12-17(21-20-16)18(23)22-19-10-2-4-15-5-3-11-24-15/h2-12H,1H3,(H,20,21)(H,22,23). The van der Waals surface area contributed by atoms with Crippen LogP contribution in [0.15, 0.2) is 64.3 Å². The van der Waals surface area contributed by atoms with E-state index in [1.54, 1.807) is 30.5 Å². The maximum atomic E-state index is 12.0. The van der Waals surface area contributed by atoms with Crippen LogP contribution in [0.3, 0.4) is 0 Å². The highest BCUT2D eigenvalue weighted by Gasteiger charge is 2.10. The van der Waals surface area contributed by atoms with Gasteiger partial charge >= 0.3 is 0 Å². The predicted octanol–water partition coefficient (Wildman–Crippen LogP) is 3.41. The molecule has 1 aromatic carbocycles. The number of rotatable bonds is 5. The molecular formula is C18H16N4O2. The summed E-state index contributed by atoms with van der Waals surface area (Å²) in [5.41, 5.74) is 5.60. The van der Waals surface area contributed by atoms with Crippen molar-refractivity contribution < 1.29 is 9.21 Å². The Morgan fingerprint density at radius 2 is 2.12 bits per heavy atom. The van der Waals surface area contributed by atoms with Crippen molar-refractivity contribution in [2.75, 3.05) is 0 Å². The van der Waals surface area contributed by atoms with Gasteiger partial charge in [-0.15, -0.1) is 0 Å². The van der Waals surface area contributed by atoms with E-state index >= 15 is 0 Å². The zero-order valence-corrected chi connectivity index (χ0v) is 13.1. The molecule has 0 saturated carbocycles. The molecule has 0 spiro atoms. The van der Waals surface area contributed by atoms with E-state index < -0.39 is 0 Å². The third-order valence-corrected chi connectivity index (χ3v) is 3.30. The van der Waals surface area contributed by atoms with Crippen LogP contribution in [0.25, 0.3) is 17.3 Å². The van der Waals surface area contributed by atoms with E-state index in [0.29, 0.717) is 17.1 Å². The summed E-state index contributed by atoms with van der Waals surface area (Å²) >= 11 is 0. The van der Waals surface area contributed by atoms with Gasteiger partial charge in [0.05, 0.1) is 12.0 Å². The molecule has 2 aromatic heterocycles. The number of aromatic amines is 1. The Bertz CT molecular complexity index is 859. The summed E-state index contributed by atoms with van der Waals surface area (Å²) in [6.45, 7) is 2.02. The Balaban J connectivity index is 1.58. The normalized spacial score (nSPS) is 11.4. The lowest BCUT2D eigenvalue weighted by atomic mass is 10.1. The number of aryl methyl sites for hydroxylation is 1. The number of hydrogen-bond donors (Lipinski definition) is 2. The number of H-pyrrole nitrogens is 1. The Morgan fingerprint density at radius 1 is 1.29 bits per heavy atom. The number of benzene rings is 1. The fourth-order valence-corrected chi connectivity index (χ4v) is 2.03. The van der Waals surface area contributed by atoms with Crippen molar-refractivity contribution in [1.82, 2.24) is 15.6 Å². The smallest absolute Gasteiger partial charge is 0.289 e. The zero-order chi connectivity index (χ0) is 16.8. The maximum absolute atomic E-state index is 12.0. The second kappa shape index (κ2) is 7.23. The number of carbonyl (C=O) groups is 1. The molecule has 120 valence electrons. The number of aromatic nitrogens is 2. The van der Waals surface area contributed by atoms with Gasteiger partial charge in [-0.25, -0.2) is 5.43 Å². The summed E-state index contributed by atoms with van der Waals surface area (Å²) in [6.07, 6.45) is 6.46. The van der Waals surface area contributed by atoms with Gasteiger partial charge in [0.1, 0.15) is 11.5 Å². The van der Waals surface area contributed by atoms with E-state index in [9.17, 15) is 4.79 Å². The number of allylic oxidation sites excluding steroid dienone is 1. The largest absolute Gasteiger partial charge is 0.465 e. The van der Waals surface area contributed by atoms with Gasteiger partial charge < -0.3 is 4.42 Å². The molecule has 3 aromatic rings. The summed E-state index contributed by atoms with van der Waals surface area (Å²) < 4.78 is 5.13. The van der Waals surface area contributed by atoms with Crippen molar-refractivity contribution in [2.45, 2.75) is 6.92 Å². The highest BCUT2D eigenvalue weighted by atomic mass is 16.3. The van der Waals surface area contributed by atoms with E-state index in [2.05, 4.69) is 20.7 Å². The van der Waals surface area contributed by atoms with Crippen molar-refractivity contribution >= 4 is 18.2 Å². The Labute approximate surface area is 138 Å². The molecule has 0 fully saturated rings. The summed E-state index contributed by atoms with van der Waals surface area (Å²) in [5.74, 6) is 0.354. The minimum Gasteiger partial charge on any atom is -0.465 e. The minimum absolute atomic E-state index is 0.345. The molecule has 0 aliphatic rings. The van der Waals surface area contributed by atoms with Crippen LogP contribution in [0.4, 0.5) is 0 Å². The molecule has 6 nitrogen and oxygen atoms in total. The molecule has 0 aliphatic carbocycles. The topological polar surface area (TPSA) is 83.3 Å². The first kappa shape index (κ1) is 15.5. The molecule has 1 amide bonds. The third kappa shape index (κ3) is 3.86. The van der Waals surface area contributed by atoms with Crippen molar-refractivity contribution in [3.63, 3.8) is 0 Å². The molecule has 24 heavy (non-hydrogen) atoms. The fourth-order valence-electron chi connectivity index (χ4n) is 2.03. The lowest BCUT2D eigenvalue weighted by Crippen LogP contribution is -2.17. The second-order valence-corrected chi connectivity index (χ2v) is 5.13. The number of amides is 1. The molecule has 0 atom stereocenters. The SMILES string of the molecule is Cc1ccc(-c2cc(C(=O)NN=CC=Cc3ccco3)[nH]n2)cc1. The van der Waals surface area contributed by atoms with Crippen LogP contribution in [0.2, 0.25) is 0 Å². The van der Waals surface area contributed by atoms with Gasteiger partial charge in [-0.1, -0.05) is 29.8 Å². The van der Waals surface area contributed by atoms with E-state index in [4.69, 9.17) is 4.42 Å². The summed E-state index contributed by atoms with van der Waals surface area (Å²) in [6, 6.07) is 13.2. The van der Waals surface area contributed by atoms with Crippen LogP contribution >= 0.6 is 0 Å². The van der Waals surface area contributed by atoms with Crippen LogP contribution in [-0.4, -0.2) is 22.3 Å². The molecular weight excluding hydrogens is 304 g/mol. The number of hydrogen-bond acceptors (Lipinski definition) is 4. The monoisotopic (exact) mass is 320 g/mol. The van der Waals surface area contributed by atoms with E-state index in [0.717, 1.165) is 5.56 Å². The lowest BCUT2D eigenvalue weighted by Gasteiger charge is -1.96. The molecule has 2 N–H and O–H groups in total. The van der Waals surface area contributed by atoms with Crippen LogP contribution in [0.5, 0.6) is 0 Å². The van der Waals surface area contributed by atoms with Crippen LogP contribution in [0.1, 0.15) is 21.8 Å². The van der Waals surface area contributed by atoms with Gasteiger partial charge in [-0.3, -0.25) is 9.89 Å². The quantitative estimate of drug-likeness (QED) is 0.558. The van der Waals surface area contributed by atoms with E-state index in [-0.39, 0.29) is 5.91 Å². The summed E-state index contributed by atoms with van der Waals surface area (Å²) in [4.78, 5) is 12.0. The number of carbonyl (C=O) groups excluding carboxylic acids is 1. The third-order valence-electron chi connectivity index (χ3n) is 3.30. The summed E-state index contributed by atoms with van der Waals surface area (Å²) in [5, 5.41) is 10.7. The molecule has 0 radical (unpaired) electrons. The number of nitrogens with zero attached hydrogens (tertiary/aromatic N) is 2.